The van der Waals surface area contributed by atoms with E-state index in [1.807, 2.05) is 29.7 Å². The molecule has 1 aliphatic carbocycles. The van der Waals surface area contributed by atoms with Crippen LogP contribution < -0.4 is 10.6 Å². The lowest BCUT2D eigenvalue weighted by Crippen LogP contribution is -2.41. The van der Waals surface area contributed by atoms with E-state index < -0.39 is 6.03 Å². The second-order valence-corrected chi connectivity index (χ2v) is 7.35. The van der Waals surface area contributed by atoms with Crippen LogP contribution in [0.2, 0.25) is 0 Å². The molecule has 1 fully saturated rings. The number of nitrogens with one attached hydrogen (secondary N) is 2. The molecule has 2 aromatic rings. The van der Waals surface area contributed by atoms with Gasteiger partial charge in [0, 0.05) is 18.2 Å². The van der Waals surface area contributed by atoms with Gasteiger partial charge in [-0.1, -0.05) is 42.4 Å². The molecule has 8 heteroatoms. The summed E-state index contributed by atoms with van der Waals surface area (Å²) in [6.07, 6.45) is 2.90. The van der Waals surface area contributed by atoms with Crippen LogP contribution in [0.25, 0.3) is 11.4 Å². The quantitative estimate of drug-likeness (QED) is 0.729. The van der Waals surface area contributed by atoms with Crippen molar-refractivity contribution in [3.05, 3.63) is 29.8 Å². The molecule has 1 aromatic heterocycles. The highest BCUT2D eigenvalue weighted by Crippen LogP contribution is 2.25. The SMILES string of the molecule is CCCn1c(SCC(=O)NC(=O)NC2CC2)nnc1-c1cccc(C)c1. The summed E-state index contributed by atoms with van der Waals surface area (Å²) in [5.41, 5.74) is 2.16. The van der Waals surface area contributed by atoms with Crippen molar-refractivity contribution in [1.82, 2.24) is 25.4 Å². The number of aryl methyl sites for hydroxylation is 1. The largest absolute Gasteiger partial charge is 0.335 e. The zero-order valence-electron chi connectivity index (χ0n) is 15.0. The first-order valence-corrected chi connectivity index (χ1v) is 9.78. The van der Waals surface area contributed by atoms with Crippen molar-refractivity contribution in [3.63, 3.8) is 0 Å². The number of imide groups is 1. The summed E-state index contributed by atoms with van der Waals surface area (Å²) in [7, 11) is 0. The Morgan fingerprint density at radius 3 is 2.81 bits per heavy atom. The Labute approximate surface area is 157 Å². The zero-order valence-corrected chi connectivity index (χ0v) is 15.8. The van der Waals surface area contributed by atoms with Gasteiger partial charge in [-0.2, -0.15) is 0 Å². The summed E-state index contributed by atoms with van der Waals surface area (Å²) in [5, 5.41) is 14.3. The monoisotopic (exact) mass is 373 g/mol. The first-order chi connectivity index (χ1) is 12.6. The lowest BCUT2D eigenvalue weighted by atomic mass is 10.1. The number of hydrogen-bond acceptors (Lipinski definition) is 5. The molecule has 0 radical (unpaired) electrons. The highest BCUT2D eigenvalue weighted by molar-refractivity contribution is 7.99. The van der Waals surface area contributed by atoms with E-state index in [1.165, 1.54) is 11.8 Å². The lowest BCUT2D eigenvalue weighted by molar-refractivity contribution is -0.117. The minimum atomic E-state index is -0.423. The summed E-state index contributed by atoms with van der Waals surface area (Å²) >= 11 is 1.29. The molecule has 138 valence electrons. The molecule has 2 N–H and O–H groups in total. The molecule has 0 unspecified atom stereocenters. The number of nitrogens with zero attached hydrogens (tertiary/aromatic N) is 3. The molecule has 1 heterocycles. The Morgan fingerprint density at radius 1 is 1.31 bits per heavy atom. The number of hydrogen-bond donors (Lipinski definition) is 2. The van der Waals surface area contributed by atoms with E-state index in [0.29, 0.717) is 5.16 Å². The summed E-state index contributed by atoms with van der Waals surface area (Å²) in [5.74, 6) is 0.578. The first-order valence-electron chi connectivity index (χ1n) is 8.80. The molecular formula is C18H23N5O2S. The topological polar surface area (TPSA) is 88.9 Å². The second kappa shape index (κ2) is 8.35. The summed E-state index contributed by atoms with van der Waals surface area (Å²) < 4.78 is 2.02. The van der Waals surface area contributed by atoms with Gasteiger partial charge >= 0.3 is 6.03 Å². The smallest absolute Gasteiger partial charge is 0.321 e. The number of carbonyl (C=O) groups is 2. The van der Waals surface area contributed by atoms with Crippen molar-refractivity contribution >= 4 is 23.7 Å². The average molecular weight is 373 g/mol. The molecule has 1 saturated carbocycles. The van der Waals surface area contributed by atoms with Gasteiger partial charge in [0.2, 0.25) is 5.91 Å². The minimum Gasteiger partial charge on any atom is -0.335 e. The number of thioether (sulfide) groups is 1. The van der Waals surface area contributed by atoms with Gasteiger partial charge in [0.15, 0.2) is 11.0 Å². The van der Waals surface area contributed by atoms with E-state index in [2.05, 4.69) is 33.8 Å². The van der Waals surface area contributed by atoms with Crippen LogP contribution in [0.5, 0.6) is 0 Å². The Bertz CT molecular complexity index is 801. The summed E-state index contributed by atoms with van der Waals surface area (Å²) in [4.78, 5) is 23.6. The van der Waals surface area contributed by atoms with Crippen molar-refractivity contribution in [3.8, 4) is 11.4 Å². The zero-order chi connectivity index (χ0) is 18.5. The molecule has 1 aromatic carbocycles. The normalized spacial score (nSPS) is 13.5. The van der Waals surface area contributed by atoms with E-state index in [0.717, 1.165) is 42.8 Å². The van der Waals surface area contributed by atoms with Gasteiger partial charge in [-0.15, -0.1) is 10.2 Å². The molecule has 7 nitrogen and oxygen atoms in total. The van der Waals surface area contributed by atoms with Crippen molar-refractivity contribution < 1.29 is 9.59 Å². The number of benzene rings is 1. The van der Waals surface area contributed by atoms with Crippen LogP contribution in [0.4, 0.5) is 4.79 Å². The molecule has 0 aliphatic heterocycles. The fourth-order valence-corrected chi connectivity index (χ4v) is 3.32. The molecular weight excluding hydrogens is 350 g/mol. The maximum absolute atomic E-state index is 12.0. The second-order valence-electron chi connectivity index (χ2n) is 6.41. The summed E-state index contributed by atoms with van der Waals surface area (Å²) in [6.45, 7) is 4.89. The van der Waals surface area contributed by atoms with Gasteiger partial charge in [-0.05, 0) is 32.3 Å². The van der Waals surface area contributed by atoms with Crippen LogP contribution in [-0.4, -0.2) is 38.5 Å². The summed E-state index contributed by atoms with van der Waals surface area (Å²) in [6, 6.07) is 7.91. The number of amides is 3. The van der Waals surface area contributed by atoms with Gasteiger partial charge in [0.25, 0.3) is 0 Å². The van der Waals surface area contributed by atoms with Crippen LogP contribution in [0.3, 0.4) is 0 Å². The molecule has 1 aliphatic rings. The Morgan fingerprint density at radius 2 is 2.12 bits per heavy atom. The third-order valence-corrected chi connectivity index (χ3v) is 4.90. The van der Waals surface area contributed by atoms with Crippen LogP contribution in [0, 0.1) is 6.92 Å². The van der Waals surface area contributed by atoms with Gasteiger partial charge in [0.05, 0.1) is 5.75 Å². The first kappa shape index (κ1) is 18.4. The predicted octanol–water partition coefficient (Wildman–Crippen LogP) is 2.74. The maximum atomic E-state index is 12.0. The van der Waals surface area contributed by atoms with Crippen molar-refractivity contribution in [2.75, 3.05) is 5.75 Å². The van der Waals surface area contributed by atoms with Crippen molar-refractivity contribution in [1.29, 1.82) is 0 Å². The highest BCUT2D eigenvalue weighted by atomic mass is 32.2. The lowest BCUT2D eigenvalue weighted by Gasteiger charge is -2.09. The van der Waals surface area contributed by atoms with Gasteiger partial charge < -0.3 is 9.88 Å². The number of carbonyl (C=O) groups excluding carboxylic acids is 2. The minimum absolute atomic E-state index is 0.119. The van der Waals surface area contributed by atoms with Crippen molar-refractivity contribution in [2.45, 2.75) is 50.9 Å². The van der Waals surface area contributed by atoms with Gasteiger partial charge in [-0.3, -0.25) is 10.1 Å². The third kappa shape index (κ3) is 4.85. The van der Waals surface area contributed by atoms with Gasteiger partial charge in [0.1, 0.15) is 0 Å². The van der Waals surface area contributed by atoms with E-state index in [4.69, 9.17) is 0 Å². The van der Waals surface area contributed by atoms with Gasteiger partial charge in [-0.25, -0.2) is 4.79 Å². The van der Waals surface area contributed by atoms with E-state index in [9.17, 15) is 9.59 Å². The fourth-order valence-electron chi connectivity index (χ4n) is 2.56. The maximum Gasteiger partial charge on any atom is 0.321 e. The molecule has 0 atom stereocenters. The van der Waals surface area contributed by atoms with Crippen LogP contribution in [0.15, 0.2) is 29.4 Å². The number of urea groups is 1. The van der Waals surface area contributed by atoms with Crippen LogP contribution in [0.1, 0.15) is 31.7 Å². The Hall–Kier alpha value is -2.35. The highest BCUT2D eigenvalue weighted by Gasteiger charge is 2.24. The van der Waals surface area contributed by atoms with Crippen molar-refractivity contribution in [2.24, 2.45) is 0 Å². The van der Waals surface area contributed by atoms with E-state index >= 15 is 0 Å². The Balaban J connectivity index is 1.65. The third-order valence-electron chi connectivity index (χ3n) is 3.94. The Kier molecular flexibility index (Phi) is 5.92. The molecule has 26 heavy (non-hydrogen) atoms. The fraction of sp³-hybridized carbons (Fsp3) is 0.444. The van der Waals surface area contributed by atoms with Crippen LogP contribution in [-0.2, 0) is 11.3 Å². The van der Waals surface area contributed by atoms with E-state index in [-0.39, 0.29) is 17.7 Å². The molecule has 0 bridgehead atoms. The number of aromatic nitrogens is 3. The standard InChI is InChI=1S/C18H23N5O2S/c1-3-9-23-16(13-6-4-5-12(2)10-13)21-22-18(23)26-11-15(24)20-17(25)19-14-7-8-14/h4-6,10,14H,3,7-9,11H2,1-2H3,(H2,19,20,24,25). The van der Waals surface area contributed by atoms with E-state index in [1.54, 1.807) is 0 Å². The van der Waals surface area contributed by atoms with Crippen LogP contribution >= 0.6 is 11.8 Å². The average Bonchev–Trinajstić information content (AvgIpc) is 3.32. The molecule has 3 rings (SSSR count). The predicted molar refractivity (Wildman–Crippen MR) is 101 cm³/mol. The molecule has 0 saturated heterocycles. The molecule has 3 amide bonds. The number of rotatable bonds is 7. The molecule has 0 spiro atoms.